The molecule has 2 aromatic rings. The number of carbonyl (C=O) groups is 1. The molecule has 0 aromatic carbocycles. The second-order valence-corrected chi connectivity index (χ2v) is 10.3. The second kappa shape index (κ2) is 10.6. The van der Waals surface area contributed by atoms with Crippen LogP contribution in [0.3, 0.4) is 0 Å². The van der Waals surface area contributed by atoms with E-state index < -0.39 is 0 Å². The van der Waals surface area contributed by atoms with Crippen molar-refractivity contribution in [3.8, 4) is 0 Å². The number of amides is 1. The standard InChI is InChI=1S/C22H34N6O2S/c1-16(2)31-22-25-20(27-10-12-30-13-11-27)18-15-24-28(21(18)26-22)9-8-23-19(29)14-17-6-4-3-5-7-17/h15-17H,3-14H2,1-2H3,(H,23,29). The first kappa shape index (κ1) is 22.3. The molecule has 31 heavy (non-hydrogen) atoms. The molecular weight excluding hydrogens is 412 g/mol. The number of fused-ring (bicyclic) bond motifs is 1. The third-order valence-electron chi connectivity index (χ3n) is 5.95. The Kier molecular flexibility index (Phi) is 7.66. The number of thioether (sulfide) groups is 1. The zero-order valence-electron chi connectivity index (χ0n) is 18.7. The molecule has 1 N–H and O–H groups in total. The Morgan fingerprint density at radius 2 is 2.00 bits per heavy atom. The van der Waals surface area contributed by atoms with E-state index in [1.54, 1.807) is 11.8 Å². The summed E-state index contributed by atoms with van der Waals surface area (Å²) in [5, 5.41) is 9.79. The number of rotatable bonds is 8. The molecule has 1 amide bonds. The molecule has 0 radical (unpaired) electrons. The molecule has 1 saturated carbocycles. The van der Waals surface area contributed by atoms with Crippen molar-refractivity contribution in [1.29, 1.82) is 0 Å². The summed E-state index contributed by atoms with van der Waals surface area (Å²) in [6.45, 7) is 8.51. The Morgan fingerprint density at radius 3 is 2.74 bits per heavy atom. The minimum Gasteiger partial charge on any atom is -0.378 e. The van der Waals surface area contributed by atoms with Gasteiger partial charge in [-0.1, -0.05) is 44.9 Å². The summed E-state index contributed by atoms with van der Waals surface area (Å²) in [5.41, 5.74) is 0.834. The van der Waals surface area contributed by atoms with Crippen molar-refractivity contribution in [2.75, 3.05) is 37.7 Å². The maximum absolute atomic E-state index is 12.4. The third kappa shape index (κ3) is 5.88. The van der Waals surface area contributed by atoms with E-state index in [0.717, 1.165) is 35.1 Å². The van der Waals surface area contributed by atoms with Crippen LogP contribution in [0.15, 0.2) is 11.4 Å². The van der Waals surface area contributed by atoms with E-state index in [9.17, 15) is 4.79 Å². The molecule has 8 nitrogen and oxygen atoms in total. The average Bonchev–Trinajstić information content (AvgIpc) is 3.17. The van der Waals surface area contributed by atoms with Gasteiger partial charge in [-0.05, 0) is 18.8 Å². The van der Waals surface area contributed by atoms with Gasteiger partial charge >= 0.3 is 0 Å². The number of ether oxygens (including phenoxy) is 1. The summed E-state index contributed by atoms with van der Waals surface area (Å²) in [6, 6.07) is 0. The lowest BCUT2D eigenvalue weighted by molar-refractivity contribution is -0.122. The SMILES string of the molecule is CC(C)Sc1nc(N2CCOCC2)c2cnn(CCNC(=O)CC3CCCCC3)c2n1. The first-order valence-corrected chi connectivity index (χ1v) is 12.5. The number of carbonyl (C=O) groups excluding carboxylic acids is 1. The predicted molar refractivity (Wildman–Crippen MR) is 124 cm³/mol. The molecular formula is C22H34N6O2S. The molecule has 1 aliphatic carbocycles. The van der Waals surface area contributed by atoms with E-state index in [2.05, 4.69) is 29.2 Å². The summed E-state index contributed by atoms with van der Waals surface area (Å²) in [4.78, 5) is 24.3. The first-order chi connectivity index (χ1) is 15.1. The number of aromatic nitrogens is 4. The summed E-state index contributed by atoms with van der Waals surface area (Å²) in [7, 11) is 0. The quantitative estimate of drug-likeness (QED) is 0.492. The van der Waals surface area contributed by atoms with Gasteiger partial charge in [0.15, 0.2) is 10.8 Å². The highest BCUT2D eigenvalue weighted by Crippen LogP contribution is 2.29. The largest absolute Gasteiger partial charge is 0.378 e. The fraction of sp³-hybridized carbons (Fsp3) is 0.727. The van der Waals surface area contributed by atoms with Crippen LogP contribution < -0.4 is 10.2 Å². The van der Waals surface area contributed by atoms with Crippen molar-refractivity contribution in [2.45, 2.75) is 69.3 Å². The lowest BCUT2D eigenvalue weighted by Gasteiger charge is -2.28. The van der Waals surface area contributed by atoms with Gasteiger partial charge < -0.3 is 15.0 Å². The minimum atomic E-state index is 0.156. The Bertz CT molecular complexity index is 874. The van der Waals surface area contributed by atoms with Gasteiger partial charge in [0.25, 0.3) is 0 Å². The van der Waals surface area contributed by atoms with Gasteiger partial charge in [0, 0.05) is 31.3 Å². The zero-order chi connectivity index (χ0) is 21.6. The number of nitrogens with zero attached hydrogens (tertiary/aromatic N) is 5. The first-order valence-electron chi connectivity index (χ1n) is 11.6. The maximum atomic E-state index is 12.4. The Morgan fingerprint density at radius 1 is 1.23 bits per heavy atom. The highest BCUT2D eigenvalue weighted by Gasteiger charge is 2.21. The normalized spacial score (nSPS) is 18.1. The van der Waals surface area contributed by atoms with Gasteiger partial charge in [0.2, 0.25) is 5.91 Å². The fourth-order valence-corrected chi connectivity index (χ4v) is 5.09. The van der Waals surface area contributed by atoms with E-state index in [4.69, 9.17) is 14.7 Å². The van der Waals surface area contributed by atoms with Gasteiger partial charge in [-0.25, -0.2) is 14.6 Å². The number of anilines is 1. The minimum absolute atomic E-state index is 0.156. The van der Waals surface area contributed by atoms with Crippen LogP contribution in [0.1, 0.15) is 52.4 Å². The van der Waals surface area contributed by atoms with Crippen molar-refractivity contribution in [2.24, 2.45) is 5.92 Å². The second-order valence-electron chi connectivity index (χ2n) is 8.76. The average molecular weight is 447 g/mol. The van der Waals surface area contributed by atoms with Crippen LogP contribution >= 0.6 is 11.8 Å². The summed E-state index contributed by atoms with van der Waals surface area (Å²) < 4.78 is 7.41. The summed E-state index contributed by atoms with van der Waals surface area (Å²) in [5.74, 6) is 1.64. The fourth-order valence-electron chi connectivity index (χ4n) is 4.39. The van der Waals surface area contributed by atoms with Crippen LogP contribution in [0.2, 0.25) is 0 Å². The molecule has 170 valence electrons. The van der Waals surface area contributed by atoms with Crippen LogP contribution in [0, 0.1) is 5.92 Å². The molecule has 0 bridgehead atoms. The Hall–Kier alpha value is -1.87. The summed E-state index contributed by atoms with van der Waals surface area (Å²) >= 11 is 1.66. The van der Waals surface area contributed by atoms with E-state index in [1.165, 1.54) is 32.1 Å². The van der Waals surface area contributed by atoms with E-state index in [-0.39, 0.29) is 5.91 Å². The van der Waals surface area contributed by atoms with Crippen LogP contribution in [0.4, 0.5) is 5.82 Å². The van der Waals surface area contributed by atoms with E-state index >= 15 is 0 Å². The number of morpholine rings is 1. The monoisotopic (exact) mass is 446 g/mol. The van der Waals surface area contributed by atoms with E-state index in [1.807, 2.05) is 10.9 Å². The molecule has 2 aromatic heterocycles. The van der Waals surface area contributed by atoms with E-state index in [0.29, 0.717) is 43.9 Å². The molecule has 0 spiro atoms. The van der Waals surface area contributed by atoms with Gasteiger partial charge in [-0.3, -0.25) is 4.79 Å². The third-order valence-corrected chi connectivity index (χ3v) is 6.82. The van der Waals surface area contributed by atoms with Crippen molar-refractivity contribution in [3.05, 3.63) is 6.20 Å². The van der Waals surface area contributed by atoms with Crippen molar-refractivity contribution in [3.63, 3.8) is 0 Å². The smallest absolute Gasteiger partial charge is 0.220 e. The zero-order valence-corrected chi connectivity index (χ0v) is 19.5. The predicted octanol–water partition coefficient (Wildman–Crippen LogP) is 3.25. The highest BCUT2D eigenvalue weighted by atomic mass is 32.2. The van der Waals surface area contributed by atoms with Gasteiger partial charge in [0.05, 0.1) is 31.3 Å². The maximum Gasteiger partial charge on any atom is 0.220 e. The van der Waals surface area contributed by atoms with Gasteiger partial charge in [-0.15, -0.1) is 0 Å². The molecule has 0 atom stereocenters. The molecule has 3 heterocycles. The molecule has 0 unspecified atom stereocenters. The Labute approximate surface area is 188 Å². The van der Waals surface area contributed by atoms with Crippen molar-refractivity contribution < 1.29 is 9.53 Å². The van der Waals surface area contributed by atoms with Crippen LogP contribution in [0.5, 0.6) is 0 Å². The number of nitrogens with one attached hydrogen (secondary N) is 1. The topological polar surface area (TPSA) is 85.2 Å². The van der Waals surface area contributed by atoms with Crippen LogP contribution in [0.25, 0.3) is 11.0 Å². The van der Waals surface area contributed by atoms with Crippen molar-refractivity contribution >= 4 is 34.5 Å². The lowest BCUT2D eigenvalue weighted by atomic mass is 9.87. The summed E-state index contributed by atoms with van der Waals surface area (Å²) in [6.07, 6.45) is 8.73. The van der Waals surface area contributed by atoms with Crippen LogP contribution in [-0.4, -0.2) is 63.8 Å². The highest BCUT2D eigenvalue weighted by molar-refractivity contribution is 7.99. The molecule has 4 rings (SSSR count). The van der Waals surface area contributed by atoms with Crippen LogP contribution in [-0.2, 0) is 16.1 Å². The molecule has 1 aliphatic heterocycles. The van der Waals surface area contributed by atoms with Crippen molar-refractivity contribution in [1.82, 2.24) is 25.1 Å². The van der Waals surface area contributed by atoms with Gasteiger partial charge in [0.1, 0.15) is 5.82 Å². The van der Waals surface area contributed by atoms with Gasteiger partial charge in [-0.2, -0.15) is 5.10 Å². The lowest BCUT2D eigenvalue weighted by Crippen LogP contribution is -2.37. The molecule has 1 saturated heterocycles. The number of hydrogen-bond donors (Lipinski definition) is 1. The Balaban J connectivity index is 1.45. The number of hydrogen-bond acceptors (Lipinski definition) is 7. The molecule has 2 fully saturated rings. The molecule has 9 heteroatoms. The molecule has 2 aliphatic rings.